The second kappa shape index (κ2) is 13.9. The summed E-state index contributed by atoms with van der Waals surface area (Å²) < 4.78 is 0. The Morgan fingerprint density at radius 3 is 1.76 bits per heavy atom. The molecule has 212 valence electrons. The molecule has 10 heteroatoms. The van der Waals surface area contributed by atoms with Gasteiger partial charge >= 0.3 is 5.97 Å². The summed E-state index contributed by atoms with van der Waals surface area (Å²) in [7, 11) is 0. The first-order chi connectivity index (χ1) is 19.8. The lowest BCUT2D eigenvalue weighted by atomic mass is 10.0. The van der Waals surface area contributed by atoms with E-state index < -0.39 is 41.8 Å². The average molecular weight is 556 g/mol. The minimum Gasteiger partial charge on any atom is -0.480 e. The quantitative estimate of drug-likeness (QED) is 0.147. The monoisotopic (exact) mass is 555 g/mol. The highest BCUT2D eigenvalue weighted by Crippen LogP contribution is 2.19. The number of amides is 3. The van der Waals surface area contributed by atoms with E-state index in [-0.39, 0.29) is 25.8 Å². The summed E-state index contributed by atoms with van der Waals surface area (Å²) >= 11 is 0. The molecular formula is C31H33N5O5. The Labute approximate surface area is 237 Å². The Hall–Kier alpha value is -4.96. The molecule has 3 aromatic carbocycles. The Morgan fingerprint density at radius 1 is 0.683 bits per heavy atom. The molecule has 1 heterocycles. The average Bonchev–Trinajstić information content (AvgIpc) is 3.39. The van der Waals surface area contributed by atoms with Gasteiger partial charge < -0.3 is 31.8 Å². The fourth-order valence-electron chi connectivity index (χ4n) is 4.64. The van der Waals surface area contributed by atoms with Gasteiger partial charge in [0.25, 0.3) is 0 Å². The van der Waals surface area contributed by atoms with Crippen LogP contribution in [0.4, 0.5) is 0 Å². The second-order valence-electron chi connectivity index (χ2n) is 9.73. The number of nitrogens with two attached hydrogens (primary N) is 1. The highest BCUT2D eigenvalue weighted by molar-refractivity contribution is 5.94. The third kappa shape index (κ3) is 8.02. The smallest absolute Gasteiger partial charge is 0.326 e. The summed E-state index contributed by atoms with van der Waals surface area (Å²) in [6.45, 7) is -0.305. The van der Waals surface area contributed by atoms with Gasteiger partial charge in [-0.1, -0.05) is 78.9 Å². The molecule has 0 aliphatic heterocycles. The maximum Gasteiger partial charge on any atom is 0.326 e. The molecule has 0 radical (unpaired) electrons. The highest BCUT2D eigenvalue weighted by atomic mass is 16.4. The molecule has 0 saturated heterocycles. The van der Waals surface area contributed by atoms with E-state index in [0.29, 0.717) is 0 Å². The Kier molecular flexibility index (Phi) is 9.85. The van der Waals surface area contributed by atoms with Crippen LogP contribution in [0, 0.1) is 0 Å². The van der Waals surface area contributed by atoms with Crippen molar-refractivity contribution in [2.24, 2.45) is 5.73 Å². The molecule has 7 N–H and O–H groups in total. The van der Waals surface area contributed by atoms with Crippen molar-refractivity contribution in [1.82, 2.24) is 20.9 Å². The van der Waals surface area contributed by atoms with E-state index in [9.17, 15) is 24.3 Å². The minimum atomic E-state index is -1.24. The van der Waals surface area contributed by atoms with E-state index in [1.807, 2.05) is 84.9 Å². The number of carbonyl (C=O) groups excluding carboxylic acids is 3. The molecule has 0 spiro atoms. The molecule has 0 aliphatic carbocycles. The molecule has 41 heavy (non-hydrogen) atoms. The lowest BCUT2D eigenvalue weighted by Gasteiger charge is -2.25. The number of aromatic amines is 1. The number of aliphatic carboxylic acids is 1. The van der Waals surface area contributed by atoms with Crippen molar-refractivity contribution in [1.29, 1.82) is 0 Å². The van der Waals surface area contributed by atoms with Crippen molar-refractivity contribution in [2.75, 3.05) is 6.54 Å². The Morgan fingerprint density at radius 2 is 1.20 bits per heavy atom. The third-order valence-corrected chi connectivity index (χ3v) is 6.75. The first-order valence-corrected chi connectivity index (χ1v) is 13.3. The summed E-state index contributed by atoms with van der Waals surface area (Å²) in [5, 5.41) is 18.8. The van der Waals surface area contributed by atoms with Crippen molar-refractivity contribution >= 4 is 34.6 Å². The zero-order valence-corrected chi connectivity index (χ0v) is 22.4. The SMILES string of the molecule is NCC(=O)NC(Cc1ccccc1)C(=O)NC(Cc1ccccc1)C(=O)NC(Cc1c[nH]c2ccccc12)C(=O)O. The molecule has 0 bridgehead atoms. The Bertz CT molecular complexity index is 1490. The maximum absolute atomic E-state index is 13.5. The normalized spacial score (nSPS) is 13.1. The number of aromatic nitrogens is 1. The van der Waals surface area contributed by atoms with Crippen molar-refractivity contribution in [2.45, 2.75) is 37.4 Å². The molecule has 3 amide bonds. The highest BCUT2D eigenvalue weighted by Gasteiger charge is 2.30. The summed E-state index contributed by atoms with van der Waals surface area (Å²) in [4.78, 5) is 54.4. The number of hydrogen-bond acceptors (Lipinski definition) is 5. The van der Waals surface area contributed by atoms with Crippen LogP contribution in [0.2, 0.25) is 0 Å². The molecule has 4 rings (SSSR count). The van der Waals surface area contributed by atoms with E-state index in [1.54, 1.807) is 6.20 Å². The Balaban J connectivity index is 1.55. The number of para-hydroxylation sites is 1. The van der Waals surface area contributed by atoms with Crippen LogP contribution in [0.3, 0.4) is 0 Å². The van der Waals surface area contributed by atoms with Crippen molar-refractivity contribution in [3.8, 4) is 0 Å². The maximum atomic E-state index is 13.5. The summed E-state index contributed by atoms with van der Waals surface area (Å²) in [5.41, 5.74) is 8.64. The van der Waals surface area contributed by atoms with Crippen LogP contribution < -0.4 is 21.7 Å². The number of H-pyrrole nitrogens is 1. The van der Waals surface area contributed by atoms with Crippen LogP contribution in [0.1, 0.15) is 16.7 Å². The summed E-state index contributed by atoms with van der Waals surface area (Å²) in [6.07, 6.45) is 2.06. The zero-order valence-electron chi connectivity index (χ0n) is 22.4. The van der Waals surface area contributed by atoms with Gasteiger partial charge in [0.05, 0.1) is 6.54 Å². The predicted octanol–water partition coefficient (Wildman–Crippen LogP) is 1.69. The molecule has 4 aromatic rings. The first kappa shape index (κ1) is 29.0. The van der Waals surface area contributed by atoms with Gasteiger partial charge in [0.1, 0.15) is 18.1 Å². The van der Waals surface area contributed by atoms with Gasteiger partial charge in [-0.25, -0.2) is 4.79 Å². The van der Waals surface area contributed by atoms with Crippen LogP contribution in [0.25, 0.3) is 10.9 Å². The zero-order chi connectivity index (χ0) is 29.2. The minimum absolute atomic E-state index is 0.0419. The number of benzene rings is 3. The van der Waals surface area contributed by atoms with E-state index in [2.05, 4.69) is 20.9 Å². The van der Waals surface area contributed by atoms with Gasteiger partial charge in [-0.2, -0.15) is 0 Å². The van der Waals surface area contributed by atoms with Crippen molar-refractivity contribution in [3.05, 3.63) is 108 Å². The molecule has 1 aromatic heterocycles. The molecule has 3 unspecified atom stereocenters. The molecule has 0 saturated carbocycles. The van der Waals surface area contributed by atoms with Crippen molar-refractivity contribution in [3.63, 3.8) is 0 Å². The molecular weight excluding hydrogens is 522 g/mol. The van der Waals surface area contributed by atoms with Crippen LogP contribution in [0.5, 0.6) is 0 Å². The second-order valence-corrected chi connectivity index (χ2v) is 9.73. The number of nitrogens with one attached hydrogen (secondary N) is 4. The number of carbonyl (C=O) groups is 4. The molecule has 3 atom stereocenters. The topological polar surface area (TPSA) is 166 Å². The summed E-state index contributed by atoms with van der Waals surface area (Å²) in [6, 6.07) is 22.3. The number of carboxylic acid groups (broad SMARTS) is 1. The predicted molar refractivity (Wildman–Crippen MR) is 155 cm³/mol. The largest absolute Gasteiger partial charge is 0.480 e. The number of rotatable bonds is 13. The third-order valence-electron chi connectivity index (χ3n) is 6.75. The van der Waals surface area contributed by atoms with Crippen LogP contribution >= 0.6 is 0 Å². The number of carboxylic acids is 1. The van der Waals surface area contributed by atoms with Gasteiger partial charge in [-0.05, 0) is 22.8 Å². The van der Waals surface area contributed by atoms with Gasteiger partial charge in [0, 0.05) is 36.4 Å². The fourth-order valence-corrected chi connectivity index (χ4v) is 4.64. The van der Waals surface area contributed by atoms with Gasteiger partial charge in [0.15, 0.2) is 0 Å². The number of fused-ring (bicyclic) bond motifs is 1. The van der Waals surface area contributed by atoms with Crippen LogP contribution in [0.15, 0.2) is 91.1 Å². The number of hydrogen-bond donors (Lipinski definition) is 6. The van der Waals surface area contributed by atoms with E-state index in [1.165, 1.54) is 0 Å². The lowest BCUT2D eigenvalue weighted by molar-refractivity contribution is -0.142. The van der Waals surface area contributed by atoms with Crippen LogP contribution in [-0.4, -0.2) is 58.5 Å². The fraction of sp³-hybridized carbons (Fsp3) is 0.226. The van der Waals surface area contributed by atoms with Gasteiger partial charge in [-0.3, -0.25) is 14.4 Å². The van der Waals surface area contributed by atoms with Crippen molar-refractivity contribution < 1.29 is 24.3 Å². The van der Waals surface area contributed by atoms with Gasteiger partial charge in [0.2, 0.25) is 17.7 Å². The first-order valence-electron chi connectivity index (χ1n) is 13.3. The van der Waals surface area contributed by atoms with E-state index in [0.717, 1.165) is 27.6 Å². The molecule has 10 nitrogen and oxygen atoms in total. The molecule has 0 fully saturated rings. The summed E-state index contributed by atoms with van der Waals surface area (Å²) in [5.74, 6) is -2.96. The standard InChI is InChI=1S/C31H33N5O5/c32-18-28(37)34-25(15-20-9-3-1-4-10-20)29(38)35-26(16-21-11-5-2-6-12-21)30(39)36-27(31(40)41)17-22-19-33-24-14-8-7-13-23(22)24/h1-14,19,25-27,33H,15-18,32H2,(H,34,37)(H,35,38)(H,36,39)(H,40,41). The molecule has 0 aliphatic rings. The van der Waals surface area contributed by atoms with E-state index >= 15 is 0 Å². The van der Waals surface area contributed by atoms with Gasteiger partial charge in [-0.15, -0.1) is 0 Å². The lowest BCUT2D eigenvalue weighted by Crippen LogP contribution is -2.57. The van der Waals surface area contributed by atoms with Crippen LogP contribution in [-0.2, 0) is 38.4 Å². The van der Waals surface area contributed by atoms with E-state index in [4.69, 9.17) is 5.73 Å².